The maximum atomic E-state index is 11.5. The first kappa shape index (κ1) is 15.2. The first-order valence-electron chi connectivity index (χ1n) is 6.90. The number of aromatic nitrogens is 1. The van der Waals surface area contributed by atoms with Crippen LogP contribution in [0.25, 0.3) is 0 Å². The van der Waals surface area contributed by atoms with Crippen molar-refractivity contribution in [2.75, 3.05) is 14.2 Å². The van der Waals surface area contributed by atoms with E-state index in [1.807, 2.05) is 30.3 Å². The quantitative estimate of drug-likeness (QED) is 0.764. The molecule has 1 aromatic carbocycles. The number of carbonyl (C=O) groups is 1. The van der Waals surface area contributed by atoms with E-state index in [4.69, 9.17) is 4.74 Å². The van der Waals surface area contributed by atoms with Crippen LogP contribution < -0.4 is 0 Å². The molecule has 0 atom stereocenters. The third-order valence-corrected chi connectivity index (χ3v) is 3.32. The summed E-state index contributed by atoms with van der Waals surface area (Å²) in [6, 6.07) is 12.0. The molecule has 0 radical (unpaired) electrons. The van der Waals surface area contributed by atoms with Crippen molar-refractivity contribution in [3.63, 3.8) is 0 Å². The van der Waals surface area contributed by atoms with E-state index in [0.29, 0.717) is 6.42 Å². The van der Waals surface area contributed by atoms with Crippen LogP contribution in [0, 0.1) is 0 Å². The van der Waals surface area contributed by atoms with Crippen LogP contribution in [0.1, 0.15) is 16.7 Å². The van der Waals surface area contributed by atoms with Crippen molar-refractivity contribution in [2.45, 2.75) is 19.5 Å². The smallest absolute Gasteiger partial charge is 0.309 e. The zero-order valence-electron chi connectivity index (χ0n) is 12.5. The average molecular weight is 284 g/mol. The maximum absolute atomic E-state index is 11.5. The van der Waals surface area contributed by atoms with E-state index in [9.17, 15) is 4.79 Å². The van der Waals surface area contributed by atoms with Crippen LogP contribution in [-0.4, -0.2) is 30.0 Å². The van der Waals surface area contributed by atoms with E-state index in [1.165, 1.54) is 12.7 Å². The Kier molecular flexibility index (Phi) is 5.46. The van der Waals surface area contributed by atoms with Crippen molar-refractivity contribution in [2.24, 2.45) is 0 Å². The second-order valence-corrected chi connectivity index (χ2v) is 5.05. The molecule has 1 aromatic heterocycles. The molecule has 110 valence electrons. The van der Waals surface area contributed by atoms with Gasteiger partial charge in [0.2, 0.25) is 0 Å². The molecule has 0 saturated carbocycles. The SMILES string of the molecule is COC(=O)Cc1ccccc1CN(C)Cc1ccncc1. The highest BCUT2D eigenvalue weighted by Crippen LogP contribution is 2.14. The number of carbonyl (C=O) groups excluding carboxylic acids is 1. The number of esters is 1. The number of hydrogen-bond acceptors (Lipinski definition) is 4. The molecule has 0 amide bonds. The molecule has 2 rings (SSSR count). The van der Waals surface area contributed by atoms with Gasteiger partial charge in [0.05, 0.1) is 13.5 Å². The predicted molar refractivity (Wildman–Crippen MR) is 81.6 cm³/mol. The molecule has 1 heterocycles. The van der Waals surface area contributed by atoms with E-state index in [-0.39, 0.29) is 5.97 Å². The molecule has 0 aliphatic carbocycles. The zero-order valence-corrected chi connectivity index (χ0v) is 12.5. The van der Waals surface area contributed by atoms with Gasteiger partial charge in [-0.05, 0) is 35.9 Å². The molecule has 4 nitrogen and oxygen atoms in total. The van der Waals surface area contributed by atoms with E-state index in [1.54, 1.807) is 12.4 Å². The summed E-state index contributed by atoms with van der Waals surface area (Å²) in [5, 5.41) is 0. The Labute approximate surface area is 125 Å². The van der Waals surface area contributed by atoms with Crippen molar-refractivity contribution in [1.29, 1.82) is 0 Å². The van der Waals surface area contributed by atoms with Gasteiger partial charge in [0, 0.05) is 25.5 Å². The lowest BCUT2D eigenvalue weighted by molar-refractivity contribution is -0.139. The molecule has 2 aromatic rings. The van der Waals surface area contributed by atoms with Gasteiger partial charge in [-0.2, -0.15) is 0 Å². The third kappa shape index (κ3) is 4.68. The second-order valence-electron chi connectivity index (χ2n) is 5.05. The molecule has 0 aliphatic rings. The van der Waals surface area contributed by atoms with Gasteiger partial charge in [-0.1, -0.05) is 24.3 Å². The number of pyridine rings is 1. The Morgan fingerprint density at radius 2 is 1.76 bits per heavy atom. The first-order chi connectivity index (χ1) is 10.2. The van der Waals surface area contributed by atoms with Gasteiger partial charge < -0.3 is 4.74 Å². The average Bonchev–Trinajstić information content (AvgIpc) is 2.50. The van der Waals surface area contributed by atoms with Crippen LogP contribution in [0.5, 0.6) is 0 Å². The molecule has 0 fully saturated rings. The van der Waals surface area contributed by atoms with Crippen molar-refractivity contribution in [3.8, 4) is 0 Å². The number of rotatable bonds is 6. The Morgan fingerprint density at radius 1 is 1.10 bits per heavy atom. The topological polar surface area (TPSA) is 42.4 Å². The van der Waals surface area contributed by atoms with Gasteiger partial charge in [0.1, 0.15) is 0 Å². The highest BCUT2D eigenvalue weighted by atomic mass is 16.5. The van der Waals surface area contributed by atoms with E-state index >= 15 is 0 Å². The minimum Gasteiger partial charge on any atom is -0.469 e. The normalized spacial score (nSPS) is 10.6. The summed E-state index contributed by atoms with van der Waals surface area (Å²) in [5.41, 5.74) is 3.39. The number of hydrogen-bond donors (Lipinski definition) is 0. The molecule has 4 heteroatoms. The van der Waals surface area contributed by atoms with E-state index < -0.39 is 0 Å². The van der Waals surface area contributed by atoms with Gasteiger partial charge >= 0.3 is 5.97 Å². The Bertz CT molecular complexity index is 584. The van der Waals surface area contributed by atoms with Crippen molar-refractivity contribution in [3.05, 3.63) is 65.5 Å². The molecular formula is C17H20N2O2. The molecular weight excluding hydrogens is 264 g/mol. The van der Waals surface area contributed by atoms with Crippen LogP contribution in [-0.2, 0) is 29.0 Å². The molecule has 21 heavy (non-hydrogen) atoms. The molecule has 0 bridgehead atoms. The van der Waals surface area contributed by atoms with Gasteiger partial charge in [-0.15, -0.1) is 0 Å². The number of methoxy groups -OCH3 is 1. The lowest BCUT2D eigenvalue weighted by Gasteiger charge is -2.18. The fourth-order valence-corrected chi connectivity index (χ4v) is 2.26. The molecule has 0 N–H and O–H groups in total. The summed E-state index contributed by atoms with van der Waals surface area (Å²) < 4.78 is 4.75. The monoisotopic (exact) mass is 284 g/mol. The number of benzene rings is 1. The van der Waals surface area contributed by atoms with Crippen molar-refractivity contribution in [1.82, 2.24) is 9.88 Å². The number of ether oxygens (including phenoxy) is 1. The van der Waals surface area contributed by atoms with Crippen LogP contribution in [0.15, 0.2) is 48.8 Å². The third-order valence-electron chi connectivity index (χ3n) is 3.32. The van der Waals surface area contributed by atoms with Crippen molar-refractivity contribution < 1.29 is 9.53 Å². The summed E-state index contributed by atoms with van der Waals surface area (Å²) in [5.74, 6) is -0.209. The molecule has 0 spiro atoms. The van der Waals surface area contributed by atoms with Gasteiger partial charge in [0.25, 0.3) is 0 Å². The minimum atomic E-state index is -0.209. The largest absolute Gasteiger partial charge is 0.469 e. The Morgan fingerprint density at radius 3 is 2.43 bits per heavy atom. The van der Waals surface area contributed by atoms with E-state index in [2.05, 4.69) is 23.0 Å². The molecule has 0 saturated heterocycles. The fourth-order valence-electron chi connectivity index (χ4n) is 2.26. The summed E-state index contributed by atoms with van der Waals surface area (Å²) in [6.45, 7) is 1.63. The van der Waals surface area contributed by atoms with Gasteiger partial charge in [-0.3, -0.25) is 14.7 Å². The van der Waals surface area contributed by atoms with Crippen LogP contribution in [0.4, 0.5) is 0 Å². The molecule has 0 unspecified atom stereocenters. The van der Waals surface area contributed by atoms with E-state index in [0.717, 1.165) is 24.2 Å². The lowest BCUT2D eigenvalue weighted by atomic mass is 10.0. The van der Waals surface area contributed by atoms with Gasteiger partial charge in [0.15, 0.2) is 0 Å². The van der Waals surface area contributed by atoms with Gasteiger partial charge in [-0.25, -0.2) is 0 Å². The lowest BCUT2D eigenvalue weighted by Crippen LogP contribution is -2.19. The Hall–Kier alpha value is -2.20. The van der Waals surface area contributed by atoms with Crippen LogP contribution in [0.3, 0.4) is 0 Å². The highest BCUT2D eigenvalue weighted by Gasteiger charge is 2.09. The standard InChI is InChI=1S/C17H20N2O2/c1-19(12-14-7-9-18-10-8-14)13-16-6-4-3-5-15(16)11-17(20)21-2/h3-10H,11-13H2,1-2H3. The second kappa shape index (κ2) is 7.55. The fraction of sp³-hybridized carbons (Fsp3) is 0.294. The summed E-state index contributed by atoms with van der Waals surface area (Å²) >= 11 is 0. The Balaban J connectivity index is 2.03. The van der Waals surface area contributed by atoms with Crippen LogP contribution >= 0.6 is 0 Å². The highest BCUT2D eigenvalue weighted by molar-refractivity contribution is 5.72. The van der Waals surface area contributed by atoms with Crippen LogP contribution in [0.2, 0.25) is 0 Å². The predicted octanol–water partition coefficient (Wildman–Crippen LogP) is 2.43. The maximum Gasteiger partial charge on any atom is 0.309 e. The summed E-state index contributed by atoms with van der Waals surface area (Å²) in [4.78, 5) is 17.7. The van der Waals surface area contributed by atoms with Crippen molar-refractivity contribution >= 4 is 5.97 Å². The number of nitrogens with zero attached hydrogens (tertiary/aromatic N) is 2. The first-order valence-corrected chi connectivity index (χ1v) is 6.90. The zero-order chi connectivity index (χ0) is 15.1. The molecule has 0 aliphatic heterocycles. The summed E-state index contributed by atoms with van der Waals surface area (Å²) in [7, 11) is 3.48. The summed E-state index contributed by atoms with van der Waals surface area (Å²) in [6.07, 6.45) is 3.92. The minimum absolute atomic E-state index is 0.209.